The molecule has 8 nitrogen and oxygen atoms in total. The minimum atomic E-state index is -0.912. The predicted molar refractivity (Wildman–Crippen MR) is 140 cm³/mol. The van der Waals surface area contributed by atoms with E-state index in [0.717, 1.165) is 15.8 Å². The van der Waals surface area contributed by atoms with E-state index < -0.39 is 17.7 Å². The van der Waals surface area contributed by atoms with Gasteiger partial charge in [-0.15, -0.1) is 0 Å². The van der Waals surface area contributed by atoms with Crippen molar-refractivity contribution in [2.75, 3.05) is 25.2 Å². The molecule has 186 valence electrons. The topological polar surface area (TPSA) is 98.2 Å². The number of benzene rings is 3. The molecule has 3 heterocycles. The Labute approximate surface area is 216 Å². The number of rotatable bonds is 4. The van der Waals surface area contributed by atoms with E-state index in [-0.39, 0.29) is 11.3 Å². The number of carbonyl (C=O) groups excluding carboxylic acids is 2. The number of ether oxygens (including phenoxy) is 3. The molecule has 9 heteroatoms. The van der Waals surface area contributed by atoms with Gasteiger partial charge in [0.1, 0.15) is 24.7 Å². The molecule has 3 aromatic carbocycles. The summed E-state index contributed by atoms with van der Waals surface area (Å²) in [7, 11) is 1.54. The van der Waals surface area contributed by atoms with E-state index >= 15 is 0 Å². The molecule has 2 aliphatic heterocycles. The van der Waals surface area contributed by atoms with Crippen LogP contribution in [0.3, 0.4) is 0 Å². The van der Waals surface area contributed by atoms with Crippen LogP contribution in [0.1, 0.15) is 22.7 Å². The maximum atomic E-state index is 13.5. The molecule has 1 aromatic heterocycles. The quantitative estimate of drug-likeness (QED) is 0.232. The number of aliphatic hydroxyl groups is 1. The van der Waals surface area contributed by atoms with Crippen molar-refractivity contribution in [3.8, 4) is 17.2 Å². The van der Waals surface area contributed by atoms with Crippen LogP contribution in [0.2, 0.25) is 0 Å². The van der Waals surface area contributed by atoms with Crippen LogP contribution < -0.4 is 19.1 Å². The van der Waals surface area contributed by atoms with Crippen molar-refractivity contribution >= 4 is 44.1 Å². The summed E-state index contributed by atoms with van der Waals surface area (Å²) in [6.07, 6.45) is 0. The van der Waals surface area contributed by atoms with Gasteiger partial charge in [0, 0.05) is 5.56 Å². The Bertz CT molecular complexity index is 1610. The highest BCUT2D eigenvalue weighted by molar-refractivity contribution is 7.22. The van der Waals surface area contributed by atoms with Crippen molar-refractivity contribution in [1.29, 1.82) is 0 Å². The lowest BCUT2D eigenvalue weighted by Gasteiger charge is -2.23. The van der Waals surface area contributed by atoms with Gasteiger partial charge in [-0.1, -0.05) is 29.5 Å². The zero-order valence-corrected chi connectivity index (χ0v) is 20.9. The molecule has 0 saturated carbocycles. The molecule has 0 radical (unpaired) electrons. The molecular formula is C28H22N2O6S. The number of hydrogen-bond donors (Lipinski definition) is 1. The Hall–Kier alpha value is -4.37. The van der Waals surface area contributed by atoms with E-state index in [0.29, 0.717) is 46.7 Å². The van der Waals surface area contributed by atoms with E-state index in [9.17, 15) is 14.7 Å². The maximum absolute atomic E-state index is 13.5. The Kier molecular flexibility index (Phi) is 5.57. The first-order chi connectivity index (χ1) is 17.9. The normalized spacial score (nSPS) is 18.4. The molecule has 1 atom stereocenters. The second-order valence-corrected chi connectivity index (χ2v) is 9.78. The number of ketones is 1. The number of fused-ring (bicyclic) bond motifs is 2. The summed E-state index contributed by atoms with van der Waals surface area (Å²) in [5.74, 6) is -0.287. The number of Topliss-reactive ketones (excluding diaryl/α,β-unsaturated/α-hetero) is 1. The van der Waals surface area contributed by atoms with Gasteiger partial charge in [0.25, 0.3) is 5.78 Å². The second-order valence-electron chi connectivity index (χ2n) is 8.77. The van der Waals surface area contributed by atoms with Gasteiger partial charge in [-0.3, -0.25) is 14.5 Å². The molecule has 1 fully saturated rings. The first-order valence-electron chi connectivity index (χ1n) is 11.7. The number of hydrogen-bond acceptors (Lipinski definition) is 8. The number of aryl methyl sites for hydroxylation is 1. The minimum Gasteiger partial charge on any atom is -0.507 e. The molecule has 6 rings (SSSR count). The first-order valence-corrected chi connectivity index (χ1v) is 12.5. The van der Waals surface area contributed by atoms with Crippen molar-refractivity contribution in [2.24, 2.45) is 0 Å². The van der Waals surface area contributed by atoms with Crippen molar-refractivity contribution in [3.63, 3.8) is 0 Å². The zero-order chi connectivity index (χ0) is 25.7. The predicted octanol–water partition coefficient (Wildman–Crippen LogP) is 5.01. The fraction of sp³-hybridized carbons (Fsp3) is 0.179. The largest absolute Gasteiger partial charge is 0.507 e. The second kappa shape index (κ2) is 8.94. The van der Waals surface area contributed by atoms with Gasteiger partial charge in [0.15, 0.2) is 16.6 Å². The first kappa shape index (κ1) is 23.1. The van der Waals surface area contributed by atoms with Crippen LogP contribution in [0, 0.1) is 6.92 Å². The highest BCUT2D eigenvalue weighted by Crippen LogP contribution is 2.45. The molecule has 1 N–H and O–H groups in total. The molecule has 0 bridgehead atoms. The van der Waals surface area contributed by atoms with Gasteiger partial charge < -0.3 is 19.3 Å². The molecule has 0 spiro atoms. The molecule has 0 aliphatic carbocycles. The Morgan fingerprint density at radius 1 is 1.05 bits per heavy atom. The van der Waals surface area contributed by atoms with Crippen molar-refractivity contribution in [1.82, 2.24) is 4.98 Å². The summed E-state index contributed by atoms with van der Waals surface area (Å²) in [4.78, 5) is 33.0. The Morgan fingerprint density at radius 3 is 2.68 bits per heavy atom. The fourth-order valence-corrected chi connectivity index (χ4v) is 5.72. The SMILES string of the molecule is COc1cccc([C@H]2C(=C(O)c3ccc4c(c3)OCCO4)C(=O)C(=O)N2c2nc3ccc(C)cc3s2)c1. The number of amides is 1. The number of carbonyl (C=O) groups is 2. The van der Waals surface area contributed by atoms with Crippen LogP contribution in [0.5, 0.6) is 17.2 Å². The van der Waals surface area contributed by atoms with Crippen LogP contribution in [0.25, 0.3) is 16.0 Å². The van der Waals surface area contributed by atoms with E-state index in [2.05, 4.69) is 4.98 Å². The Morgan fingerprint density at radius 2 is 1.86 bits per heavy atom. The lowest BCUT2D eigenvalue weighted by molar-refractivity contribution is -0.132. The summed E-state index contributed by atoms with van der Waals surface area (Å²) in [5, 5.41) is 11.8. The lowest BCUT2D eigenvalue weighted by Crippen LogP contribution is -2.29. The van der Waals surface area contributed by atoms with Crippen molar-refractivity contribution < 1.29 is 28.9 Å². The van der Waals surface area contributed by atoms with Crippen LogP contribution in [0.4, 0.5) is 5.13 Å². The minimum absolute atomic E-state index is 0.0367. The summed E-state index contributed by atoms with van der Waals surface area (Å²) in [6.45, 7) is 2.79. The van der Waals surface area contributed by atoms with E-state index in [4.69, 9.17) is 14.2 Å². The summed E-state index contributed by atoms with van der Waals surface area (Å²) >= 11 is 1.32. The van der Waals surface area contributed by atoms with Gasteiger partial charge in [-0.25, -0.2) is 4.98 Å². The van der Waals surface area contributed by atoms with Crippen LogP contribution in [-0.4, -0.2) is 42.1 Å². The highest BCUT2D eigenvalue weighted by atomic mass is 32.1. The molecule has 37 heavy (non-hydrogen) atoms. The van der Waals surface area contributed by atoms with Crippen LogP contribution >= 0.6 is 11.3 Å². The third-order valence-corrected chi connectivity index (χ3v) is 7.43. The number of aliphatic hydroxyl groups excluding tert-OH is 1. The van der Waals surface area contributed by atoms with E-state index in [1.165, 1.54) is 16.2 Å². The van der Waals surface area contributed by atoms with Crippen LogP contribution in [-0.2, 0) is 9.59 Å². The zero-order valence-electron chi connectivity index (χ0n) is 20.1. The highest BCUT2D eigenvalue weighted by Gasteiger charge is 2.48. The number of anilines is 1. The smallest absolute Gasteiger partial charge is 0.301 e. The summed E-state index contributed by atoms with van der Waals surface area (Å²) in [5.41, 5.74) is 2.70. The fourth-order valence-electron chi connectivity index (χ4n) is 4.63. The number of methoxy groups -OCH3 is 1. The van der Waals surface area contributed by atoms with Gasteiger partial charge in [0.05, 0.1) is 28.9 Å². The molecular weight excluding hydrogens is 492 g/mol. The standard InChI is InChI=1S/C28H22N2O6S/c1-15-6-8-19-22(12-15)37-28(29-19)30-24(16-4-3-5-18(13-16)34-2)23(26(32)27(30)33)25(31)17-7-9-20-21(14-17)36-11-10-35-20/h3-9,12-14,24,31H,10-11H2,1-2H3/t24-/m0/s1. The number of nitrogens with zero attached hydrogens (tertiary/aromatic N) is 2. The lowest BCUT2D eigenvalue weighted by atomic mass is 9.95. The van der Waals surface area contributed by atoms with Gasteiger partial charge >= 0.3 is 5.91 Å². The maximum Gasteiger partial charge on any atom is 0.301 e. The third kappa shape index (κ3) is 3.88. The van der Waals surface area contributed by atoms with Crippen LogP contribution in [0.15, 0.2) is 66.2 Å². The summed E-state index contributed by atoms with van der Waals surface area (Å²) in [6, 6.07) is 16.9. The Balaban J connectivity index is 1.55. The molecule has 1 amide bonds. The van der Waals surface area contributed by atoms with E-state index in [1.807, 2.05) is 25.1 Å². The average molecular weight is 515 g/mol. The van der Waals surface area contributed by atoms with Gasteiger partial charge in [-0.2, -0.15) is 0 Å². The van der Waals surface area contributed by atoms with Crippen molar-refractivity contribution in [2.45, 2.75) is 13.0 Å². The monoisotopic (exact) mass is 514 g/mol. The van der Waals surface area contributed by atoms with Gasteiger partial charge in [-0.05, 0) is 60.5 Å². The molecule has 4 aromatic rings. The molecule has 0 unspecified atom stereocenters. The van der Waals surface area contributed by atoms with Gasteiger partial charge in [0.2, 0.25) is 0 Å². The third-order valence-electron chi connectivity index (χ3n) is 6.41. The average Bonchev–Trinajstić information content (AvgIpc) is 3.45. The summed E-state index contributed by atoms with van der Waals surface area (Å²) < 4.78 is 17.5. The number of thiazole rings is 1. The number of aromatic nitrogens is 1. The van der Waals surface area contributed by atoms with Crippen molar-refractivity contribution in [3.05, 3.63) is 82.9 Å². The molecule has 2 aliphatic rings. The molecule has 1 saturated heterocycles. The van der Waals surface area contributed by atoms with E-state index in [1.54, 1.807) is 49.6 Å².